The third kappa shape index (κ3) is 1.63. The highest BCUT2D eigenvalue weighted by Gasteiger charge is 2.30. The summed E-state index contributed by atoms with van der Waals surface area (Å²) in [6.45, 7) is 6.07. The van der Waals surface area contributed by atoms with Gasteiger partial charge in [-0.25, -0.2) is 0 Å². The fourth-order valence-electron chi connectivity index (χ4n) is 2.78. The first-order valence-corrected chi connectivity index (χ1v) is 7.25. The average molecular weight is 270 g/mol. The molecule has 0 spiro atoms. The smallest absolute Gasteiger partial charge is 0.168 e. The molecule has 19 heavy (non-hydrogen) atoms. The number of nitrogens with zero attached hydrogens (tertiary/aromatic N) is 2. The lowest BCUT2D eigenvalue weighted by Crippen LogP contribution is -2.19. The predicted molar refractivity (Wildman–Crippen MR) is 80.1 cm³/mol. The van der Waals surface area contributed by atoms with Gasteiger partial charge in [-0.2, -0.15) is 0 Å². The molecule has 0 saturated heterocycles. The van der Waals surface area contributed by atoms with Crippen LogP contribution in [0.3, 0.4) is 0 Å². The quantitative estimate of drug-likeness (QED) is 0.788. The first-order chi connectivity index (χ1) is 9.22. The number of rotatable bonds is 1. The van der Waals surface area contributed by atoms with Crippen molar-refractivity contribution in [1.29, 1.82) is 0 Å². The van der Waals surface area contributed by atoms with Gasteiger partial charge in [0.25, 0.3) is 0 Å². The minimum atomic E-state index is 0.909. The molecule has 2 aliphatic rings. The molecule has 0 aliphatic carbocycles. The number of aryl methyl sites for hydroxylation is 1. The molecule has 3 nitrogen and oxygen atoms in total. The van der Waals surface area contributed by atoms with Crippen LogP contribution >= 0.6 is 11.8 Å². The van der Waals surface area contributed by atoms with Gasteiger partial charge in [-0.1, -0.05) is 11.8 Å². The van der Waals surface area contributed by atoms with Crippen molar-refractivity contribution in [2.75, 3.05) is 13.1 Å². The number of fused-ring (bicyclic) bond motifs is 2. The van der Waals surface area contributed by atoms with Crippen molar-refractivity contribution < 1.29 is 4.42 Å². The van der Waals surface area contributed by atoms with E-state index in [0.717, 1.165) is 29.6 Å². The van der Waals surface area contributed by atoms with Crippen molar-refractivity contribution in [3.63, 3.8) is 0 Å². The molecule has 0 bridgehead atoms. The van der Waals surface area contributed by atoms with Gasteiger partial charge in [-0.05, 0) is 43.7 Å². The standard InChI is InChI=1S/C15H14N2OS/c1-9-7-12-8-11(3-4-13(12)18-9)14-10(2)19-15-16-5-6-17(14)15/h3-4,7-8H,5-6H2,1-2H3. The molecule has 3 heterocycles. The zero-order valence-corrected chi connectivity index (χ0v) is 11.8. The highest BCUT2D eigenvalue weighted by Crippen LogP contribution is 2.41. The van der Waals surface area contributed by atoms with Gasteiger partial charge >= 0.3 is 0 Å². The Morgan fingerprint density at radius 1 is 1.26 bits per heavy atom. The second kappa shape index (κ2) is 3.90. The number of thioether (sulfide) groups is 1. The molecule has 4 rings (SSSR count). The average Bonchev–Trinajstić information content (AvgIpc) is 3.00. The second-order valence-corrected chi connectivity index (χ2v) is 6.11. The molecule has 2 aromatic rings. The molecule has 1 aromatic heterocycles. The van der Waals surface area contributed by atoms with Crippen molar-refractivity contribution in [3.8, 4) is 0 Å². The maximum Gasteiger partial charge on any atom is 0.168 e. The molecule has 0 fully saturated rings. The van der Waals surface area contributed by atoms with Crippen LogP contribution in [-0.4, -0.2) is 23.2 Å². The molecular formula is C15H14N2OS. The molecule has 0 saturated carbocycles. The summed E-state index contributed by atoms with van der Waals surface area (Å²) in [6, 6.07) is 8.52. The van der Waals surface area contributed by atoms with Crippen LogP contribution in [0.5, 0.6) is 0 Å². The van der Waals surface area contributed by atoms with Gasteiger partial charge < -0.3 is 9.32 Å². The number of aliphatic imine (C=N–C) groups is 1. The van der Waals surface area contributed by atoms with Crippen molar-refractivity contribution in [2.45, 2.75) is 13.8 Å². The van der Waals surface area contributed by atoms with Gasteiger partial charge in [0, 0.05) is 16.8 Å². The summed E-state index contributed by atoms with van der Waals surface area (Å²) in [5, 5.41) is 2.32. The van der Waals surface area contributed by atoms with E-state index in [1.165, 1.54) is 21.6 Å². The molecular weight excluding hydrogens is 256 g/mol. The molecule has 2 aliphatic heterocycles. The first kappa shape index (κ1) is 11.2. The minimum absolute atomic E-state index is 0.909. The Kier molecular flexibility index (Phi) is 2.30. The lowest BCUT2D eigenvalue weighted by Gasteiger charge is -2.17. The zero-order valence-electron chi connectivity index (χ0n) is 10.9. The molecule has 1 aromatic carbocycles. The van der Waals surface area contributed by atoms with Crippen LogP contribution in [0.25, 0.3) is 16.7 Å². The van der Waals surface area contributed by atoms with E-state index in [2.05, 4.69) is 41.1 Å². The summed E-state index contributed by atoms with van der Waals surface area (Å²) in [5.74, 6) is 0.960. The Morgan fingerprint density at radius 2 is 2.16 bits per heavy atom. The normalized spacial score (nSPS) is 18.4. The monoisotopic (exact) mass is 270 g/mol. The van der Waals surface area contributed by atoms with Crippen LogP contribution in [0, 0.1) is 6.92 Å². The van der Waals surface area contributed by atoms with Crippen LogP contribution in [0.2, 0.25) is 0 Å². The SMILES string of the molecule is CC1=C(c2ccc3oc(C)cc3c2)N2CCN=C2S1. The third-order valence-electron chi connectivity index (χ3n) is 3.56. The maximum atomic E-state index is 5.64. The molecule has 0 amide bonds. The van der Waals surface area contributed by atoms with Crippen molar-refractivity contribution >= 4 is 33.6 Å². The lowest BCUT2D eigenvalue weighted by molar-refractivity contribution is 0.578. The largest absolute Gasteiger partial charge is 0.461 e. The molecule has 96 valence electrons. The van der Waals surface area contributed by atoms with E-state index in [0.29, 0.717) is 0 Å². The molecule has 0 N–H and O–H groups in total. The van der Waals surface area contributed by atoms with Crippen LogP contribution in [0.1, 0.15) is 18.2 Å². The molecule has 0 unspecified atom stereocenters. The summed E-state index contributed by atoms with van der Waals surface area (Å²) >= 11 is 1.78. The van der Waals surface area contributed by atoms with E-state index in [1.54, 1.807) is 11.8 Å². The Morgan fingerprint density at radius 3 is 3.05 bits per heavy atom. The van der Waals surface area contributed by atoms with E-state index in [4.69, 9.17) is 4.42 Å². The fraction of sp³-hybridized carbons (Fsp3) is 0.267. The van der Waals surface area contributed by atoms with E-state index >= 15 is 0 Å². The van der Waals surface area contributed by atoms with Crippen molar-refractivity contribution in [2.24, 2.45) is 4.99 Å². The Bertz CT molecular complexity index is 742. The van der Waals surface area contributed by atoms with E-state index in [1.807, 2.05) is 6.92 Å². The Hall–Kier alpha value is -1.68. The van der Waals surface area contributed by atoms with Gasteiger partial charge in [-0.3, -0.25) is 4.99 Å². The van der Waals surface area contributed by atoms with Crippen LogP contribution in [0.4, 0.5) is 0 Å². The van der Waals surface area contributed by atoms with Crippen LogP contribution in [-0.2, 0) is 0 Å². The fourth-order valence-corrected chi connectivity index (χ4v) is 3.83. The predicted octanol–water partition coefficient (Wildman–Crippen LogP) is 3.85. The Labute approximate surface area is 116 Å². The first-order valence-electron chi connectivity index (χ1n) is 6.44. The highest BCUT2D eigenvalue weighted by atomic mass is 32.2. The summed E-state index contributed by atoms with van der Waals surface area (Å²) in [6.07, 6.45) is 0. The third-order valence-corrected chi connectivity index (χ3v) is 4.59. The van der Waals surface area contributed by atoms with E-state index in [9.17, 15) is 0 Å². The summed E-state index contributed by atoms with van der Waals surface area (Å²) < 4.78 is 5.64. The lowest BCUT2D eigenvalue weighted by atomic mass is 10.1. The number of hydrogen-bond donors (Lipinski definition) is 0. The van der Waals surface area contributed by atoms with Gasteiger partial charge in [0.15, 0.2) is 5.17 Å². The van der Waals surface area contributed by atoms with Crippen molar-refractivity contribution in [3.05, 3.63) is 40.5 Å². The summed E-state index contributed by atoms with van der Waals surface area (Å²) in [7, 11) is 0. The topological polar surface area (TPSA) is 28.7 Å². The molecule has 0 radical (unpaired) electrons. The van der Waals surface area contributed by atoms with E-state index in [-0.39, 0.29) is 0 Å². The van der Waals surface area contributed by atoms with Gasteiger partial charge in [0.05, 0.1) is 12.2 Å². The minimum Gasteiger partial charge on any atom is -0.461 e. The second-order valence-electron chi connectivity index (χ2n) is 4.93. The number of furan rings is 1. The van der Waals surface area contributed by atoms with Gasteiger partial charge in [0.2, 0.25) is 0 Å². The highest BCUT2D eigenvalue weighted by molar-refractivity contribution is 8.17. The van der Waals surface area contributed by atoms with Gasteiger partial charge in [0.1, 0.15) is 11.3 Å². The summed E-state index contributed by atoms with van der Waals surface area (Å²) in [5.41, 5.74) is 3.52. The maximum absolute atomic E-state index is 5.64. The van der Waals surface area contributed by atoms with Crippen molar-refractivity contribution in [1.82, 2.24) is 4.90 Å². The van der Waals surface area contributed by atoms with Crippen LogP contribution < -0.4 is 0 Å². The zero-order chi connectivity index (χ0) is 13.0. The Balaban J connectivity index is 1.85. The number of allylic oxidation sites excluding steroid dienone is 1. The summed E-state index contributed by atoms with van der Waals surface area (Å²) in [4.78, 5) is 8.19. The molecule has 4 heteroatoms. The van der Waals surface area contributed by atoms with Crippen LogP contribution in [0.15, 0.2) is 38.6 Å². The number of hydrogen-bond acceptors (Lipinski definition) is 4. The van der Waals surface area contributed by atoms with E-state index < -0.39 is 0 Å². The number of benzene rings is 1. The molecule has 0 atom stereocenters. The number of amidine groups is 1. The van der Waals surface area contributed by atoms with Gasteiger partial charge in [-0.15, -0.1) is 0 Å².